The average molecular weight is 811 g/mol. The number of aliphatic hydroxyl groups is 1. The van der Waals surface area contributed by atoms with Crippen LogP contribution in [0.3, 0.4) is 0 Å². The number of aliphatic hydroxyl groups excluding tert-OH is 1. The molecule has 14 heteroatoms. The highest BCUT2D eigenvalue weighted by Gasteiger charge is 2.37. The molecule has 4 atom stereocenters. The molecule has 1 fully saturated rings. The molecule has 0 aliphatic carbocycles. The number of phenols is 1. The van der Waals surface area contributed by atoms with Crippen LogP contribution in [0.1, 0.15) is 77.3 Å². The van der Waals surface area contributed by atoms with E-state index < -0.39 is 53.8 Å². The molecule has 316 valence electrons. The summed E-state index contributed by atoms with van der Waals surface area (Å²) in [6.07, 6.45) is 2.98. The Morgan fingerprint density at radius 2 is 1.88 bits per heavy atom. The van der Waals surface area contributed by atoms with Gasteiger partial charge in [-0.3, -0.25) is 29.2 Å². The fourth-order valence-electron chi connectivity index (χ4n) is 8.52. The molecule has 0 radical (unpaired) electrons. The zero-order valence-electron chi connectivity index (χ0n) is 35.4. The molecule has 0 saturated carbocycles. The predicted molar refractivity (Wildman–Crippen MR) is 224 cm³/mol. The lowest BCUT2D eigenvalue weighted by Gasteiger charge is -2.36. The van der Waals surface area contributed by atoms with Crippen LogP contribution in [0, 0.1) is 11.3 Å². The second kappa shape index (κ2) is 17.9. The van der Waals surface area contributed by atoms with Gasteiger partial charge in [-0.2, -0.15) is 0 Å². The molecule has 59 heavy (non-hydrogen) atoms. The third-order valence-electron chi connectivity index (χ3n) is 11.5. The molecule has 2 aromatic carbocycles. The molecule has 4 N–H and O–H groups in total. The maximum atomic E-state index is 14.4. The van der Waals surface area contributed by atoms with Crippen LogP contribution < -0.4 is 10.7 Å². The zero-order valence-corrected chi connectivity index (χ0v) is 35.4. The first-order valence-electron chi connectivity index (χ1n) is 20.4. The van der Waals surface area contributed by atoms with Crippen LogP contribution in [0.5, 0.6) is 5.75 Å². The van der Waals surface area contributed by atoms with E-state index in [1.807, 2.05) is 25.1 Å². The van der Waals surface area contributed by atoms with Crippen LogP contribution in [-0.4, -0.2) is 105 Å². The molecule has 2 aromatic heterocycles. The summed E-state index contributed by atoms with van der Waals surface area (Å²) in [4.78, 5) is 60.7. The highest BCUT2D eigenvalue weighted by molar-refractivity contribution is 5.96. The number of likely N-dealkylation sites (N-methyl/N-ethyl adjacent to an activating group) is 1. The average Bonchev–Trinajstić information content (AvgIpc) is 3.52. The van der Waals surface area contributed by atoms with E-state index in [-0.39, 0.29) is 37.3 Å². The number of cyclic esters (lactones) is 1. The minimum atomic E-state index is -1.16. The van der Waals surface area contributed by atoms with Gasteiger partial charge >= 0.3 is 5.97 Å². The Morgan fingerprint density at radius 1 is 1.12 bits per heavy atom. The Balaban J connectivity index is 1.52. The van der Waals surface area contributed by atoms with Crippen LogP contribution in [0.25, 0.3) is 33.3 Å². The standard InChI is InChI=1S/C45H58N6O8/c1-9-50-37-15-14-29-22-33(37)34(41(50)32-12-10-16-46-39(32)27(4)58-8)23-45(5,6)25-59-44(57)35-13-11-17-51(48-35)43(56)36(20-28-18-30(29)21-31(53)19-28)47-42(55)40(26(2)3)49(7)38(54)24-52/h10,12,14-16,18-19,21-22,26-27,35-36,40,48,52-53H,9,11,13,17,20,23-25H2,1-8H3,(H,47,55)/t27-,35-,36-,40?/m0/s1. The number of aromatic nitrogens is 2. The lowest BCUT2D eigenvalue weighted by molar-refractivity contribution is -0.155. The van der Waals surface area contributed by atoms with Crippen molar-refractivity contribution in [3.8, 4) is 28.1 Å². The molecular weight excluding hydrogens is 753 g/mol. The highest BCUT2D eigenvalue weighted by atomic mass is 16.5. The third-order valence-corrected chi connectivity index (χ3v) is 11.5. The number of nitrogens with one attached hydrogen (secondary N) is 2. The SMILES string of the molecule is CCn1c(-c2cccnc2[C@H](C)OC)c2c3cc(ccc31)-c1cc(O)cc(c1)C[C@H](NC(=O)C(C(C)C)N(C)C(=O)CO)C(=O)N1CCC[C@H](N1)C(=O)OCC(C)(C)C2. The number of esters is 1. The van der Waals surface area contributed by atoms with Gasteiger partial charge in [0.25, 0.3) is 5.91 Å². The summed E-state index contributed by atoms with van der Waals surface area (Å²) < 4.78 is 14.1. The maximum Gasteiger partial charge on any atom is 0.324 e. The highest BCUT2D eigenvalue weighted by Crippen LogP contribution is 2.42. The maximum absolute atomic E-state index is 14.4. The minimum absolute atomic E-state index is 0.0126. The van der Waals surface area contributed by atoms with Crippen LogP contribution in [0.2, 0.25) is 0 Å². The largest absolute Gasteiger partial charge is 0.508 e. The van der Waals surface area contributed by atoms with Gasteiger partial charge in [-0.15, -0.1) is 0 Å². The van der Waals surface area contributed by atoms with Crippen molar-refractivity contribution in [2.75, 3.05) is 33.9 Å². The van der Waals surface area contributed by atoms with E-state index in [1.165, 1.54) is 17.0 Å². The predicted octanol–water partition coefficient (Wildman–Crippen LogP) is 4.93. The molecule has 1 saturated heterocycles. The molecule has 2 aliphatic rings. The molecular formula is C45H58N6O8. The molecule has 0 spiro atoms. The number of pyridine rings is 1. The fourth-order valence-corrected chi connectivity index (χ4v) is 8.52. The lowest BCUT2D eigenvalue weighted by atomic mass is 9.84. The molecule has 4 aromatic rings. The number of fused-ring (bicyclic) bond motifs is 6. The number of aryl methyl sites for hydroxylation is 1. The Morgan fingerprint density at radius 3 is 2.58 bits per heavy atom. The van der Waals surface area contributed by atoms with Crippen LogP contribution in [0.15, 0.2) is 54.7 Å². The number of carbonyl (C=O) groups excluding carboxylic acids is 4. The minimum Gasteiger partial charge on any atom is -0.508 e. The van der Waals surface area contributed by atoms with Crippen molar-refractivity contribution in [1.29, 1.82) is 0 Å². The van der Waals surface area contributed by atoms with Crippen LogP contribution in [-0.2, 0) is 48.0 Å². The smallest absolute Gasteiger partial charge is 0.324 e. The molecule has 1 unspecified atom stereocenters. The summed E-state index contributed by atoms with van der Waals surface area (Å²) in [7, 11) is 3.11. The summed E-state index contributed by atoms with van der Waals surface area (Å²) in [5.74, 6) is -2.56. The normalized spacial score (nSPS) is 19.5. The van der Waals surface area contributed by atoms with Crippen molar-refractivity contribution in [1.82, 2.24) is 30.2 Å². The quantitative estimate of drug-likeness (QED) is 0.170. The number of hydrogen-bond acceptors (Lipinski definition) is 10. The monoisotopic (exact) mass is 810 g/mol. The number of nitrogens with zero attached hydrogens (tertiary/aromatic N) is 4. The summed E-state index contributed by atoms with van der Waals surface area (Å²) >= 11 is 0. The topological polar surface area (TPSA) is 176 Å². The van der Waals surface area contributed by atoms with Gasteiger partial charge in [0, 0.05) is 61.7 Å². The zero-order chi connectivity index (χ0) is 42.8. The van der Waals surface area contributed by atoms with Crippen molar-refractivity contribution < 1.29 is 38.9 Å². The van der Waals surface area contributed by atoms with E-state index in [4.69, 9.17) is 14.5 Å². The summed E-state index contributed by atoms with van der Waals surface area (Å²) in [5, 5.41) is 26.0. The fraction of sp³-hybridized carbons (Fsp3) is 0.489. The Kier molecular flexibility index (Phi) is 13.1. The number of amides is 3. The van der Waals surface area contributed by atoms with Gasteiger partial charge in [-0.05, 0) is 97.7 Å². The first kappa shape index (κ1) is 43.3. The molecule has 6 rings (SSSR count). The number of rotatable bonds is 9. The van der Waals surface area contributed by atoms with Crippen LogP contribution >= 0.6 is 0 Å². The molecule has 14 nitrogen and oxygen atoms in total. The number of hydrazine groups is 1. The van der Waals surface area contributed by atoms with E-state index in [1.54, 1.807) is 39.3 Å². The van der Waals surface area contributed by atoms with Gasteiger partial charge in [0.2, 0.25) is 11.8 Å². The van der Waals surface area contributed by atoms with Crippen molar-refractivity contribution >= 4 is 34.6 Å². The number of hydrogen-bond donors (Lipinski definition) is 4. The third kappa shape index (κ3) is 9.14. The lowest BCUT2D eigenvalue weighted by Crippen LogP contribution is -2.62. The molecule has 3 amide bonds. The number of carbonyl (C=O) groups is 4. The van der Waals surface area contributed by atoms with Gasteiger partial charge in [0.15, 0.2) is 0 Å². The molecule has 4 heterocycles. The number of phenolic OH excluding ortho intramolecular Hbond substituents is 1. The van der Waals surface area contributed by atoms with E-state index in [2.05, 4.69) is 54.3 Å². The van der Waals surface area contributed by atoms with Gasteiger partial charge < -0.3 is 34.5 Å². The summed E-state index contributed by atoms with van der Waals surface area (Å²) in [6, 6.07) is 12.4. The second-order valence-corrected chi connectivity index (χ2v) is 16.9. The Bertz CT molecular complexity index is 2220. The Hall–Kier alpha value is -5.31. The number of benzene rings is 2. The van der Waals surface area contributed by atoms with E-state index in [0.29, 0.717) is 36.9 Å². The van der Waals surface area contributed by atoms with E-state index in [9.17, 15) is 29.4 Å². The van der Waals surface area contributed by atoms with Gasteiger partial charge in [0.1, 0.15) is 30.5 Å². The first-order chi connectivity index (χ1) is 28.1. The molecule has 2 aliphatic heterocycles. The second-order valence-electron chi connectivity index (χ2n) is 16.9. The van der Waals surface area contributed by atoms with Crippen molar-refractivity contribution in [3.63, 3.8) is 0 Å². The van der Waals surface area contributed by atoms with Gasteiger partial charge in [0.05, 0.1) is 24.1 Å². The van der Waals surface area contributed by atoms with Crippen LogP contribution in [0.4, 0.5) is 0 Å². The van der Waals surface area contributed by atoms with Crippen molar-refractivity contribution in [3.05, 3.63) is 71.5 Å². The summed E-state index contributed by atoms with van der Waals surface area (Å²) in [5.41, 5.74) is 9.49. The first-order valence-corrected chi connectivity index (χ1v) is 20.4. The molecule has 6 bridgehead atoms. The van der Waals surface area contributed by atoms with E-state index in [0.717, 1.165) is 39.0 Å². The number of ether oxygens (including phenoxy) is 2. The summed E-state index contributed by atoms with van der Waals surface area (Å²) in [6.45, 7) is 12.0. The number of methoxy groups -OCH3 is 1. The van der Waals surface area contributed by atoms with Crippen molar-refractivity contribution in [2.45, 2.75) is 98.0 Å². The van der Waals surface area contributed by atoms with Crippen molar-refractivity contribution in [2.24, 2.45) is 11.3 Å². The number of aromatic hydroxyl groups is 1. The van der Waals surface area contributed by atoms with Gasteiger partial charge in [-0.25, -0.2) is 5.43 Å². The van der Waals surface area contributed by atoms with Gasteiger partial charge in [-0.1, -0.05) is 39.8 Å². The Labute approximate surface area is 345 Å². The van der Waals surface area contributed by atoms with E-state index >= 15 is 0 Å².